The first-order valence-electron chi connectivity index (χ1n) is 6.77. The van der Waals surface area contributed by atoms with Gasteiger partial charge in [-0.05, 0) is 45.7 Å². The van der Waals surface area contributed by atoms with Gasteiger partial charge in [-0.15, -0.1) is 0 Å². The van der Waals surface area contributed by atoms with E-state index in [0.717, 1.165) is 16.8 Å². The van der Waals surface area contributed by atoms with E-state index in [2.05, 4.69) is 0 Å². The number of nitrogens with zero attached hydrogens (tertiary/aromatic N) is 2. The highest BCUT2D eigenvalue weighted by Gasteiger charge is 2.31. The van der Waals surface area contributed by atoms with Crippen LogP contribution in [0.4, 0.5) is 4.79 Å². The van der Waals surface area contributed by atoms with Gasteiger partial charge >= 0.3 is 6.09 Å². The number of amides is 1. The van der Waals surface area contributed by atoms with Gasteiger partial charge in [0, 0.05) is 18.3 Å². The van der Waals surface area contributed by atoms with Crippen LogP contribution in [0.2, 0.25) is 0 Å². The summed E-state index contributed by atoms with van der Waals surface area (Å²) in [6, 6.07) is 0. The number of hydrogen-bond donors (Lipinski definition) is 0. The lowest BCUT2D eigenvalue weighted by Crippen LogP contribution is -2.33. The van der Waals surface area contributed by atoms with Crippen molar-refractivity contribution >= 4 is 6.09 Å². The van der Waals surface area contributed by atoms with Crippen LogP contribution < -0.4 is 5.56 Å². The second-order valence-electron chi connectivity index (χ2n) is 6.37. The molecular weight excluding hydrogens is 256 g/mol. The van der Waals surface area contributed by atoms with Crippen LogP contribution in [-0.2, 0) is 24.9 Å². The fourth-order valence-electron chi connectivity index (χ4n) is 2.45. The molecule has 0 unspecified atom stereocenters. The number of carbonyl (C=O) groups excluding carboxylic acids is 1. The van der Waals surface area contributed by atoms with Gasteiger partial charge in [-0.2, -0.15) is 0 Å². The second kappa shape index (κ2) is 4.65. The van der Waals surface area contributed by atoms with E-state index in [-0.39, 0.29) is 11.7 Å². The van der Waals surface area contributed by atoms with Crippen LogP contribution in [0.3, 0.4) is 0 Å². The number of carbonyl (C=O) groups is 1. The fourth-order valence-corrected chi connectivity index (χ4v) is 2.45. The summed E-state index contributed by atoms with van der Waals surface area (Å²) in [6.07, 6.45) is -0.368. The summed E-state index contributed by atoms with van der Waals surface area (Å²) in [7, 11) is 1.76. The third kappa shape index (κ3) is 2.44. The Morgan fingerprint density at radius 2 is 1.70 bits per heavy atom. The summed E-state index contributed by atoms with van der Waals surface area (Å²) in [5.41, 5.74) is 3.15. The van der Waals surface area contributed by atoms with E-state index >= 15 is 0 Å². The molecule has 0 spiro atoms. The lowest BCUT2D eigenvalue weighted by atomic mass is 10.0. The topological polar surface area (TPSA) is 51.5 Å². The van der Waals surface area contributed by atoms with Crippen molar-refractivity contribution in [2.24, 2.45) is 7.05 Å². The van der Waals surface area contributed by atoms with Gasteiger partial charge in [-0.1, -0.05) is 0 Å². The molecule has 1 amide bonds. The first kappa shape index (κ1) is 14.6. The highest BCUT2D eigenvalue weighted by molar-refractivity contribution is 5.69. The van der Waals surface area contributed by atoms with E-state index in [1.807, 2.05) is 34.6 Å². The number of rotatable bonds is 0. The molecule has 0 saturated carbocycles. The van der Waals surface area contributed by atoms with E-state index < -0.39 is 5.60 Å². The van der Waals surface area contributed by atoms with Gasteiger partial charge in [0.1, 0.15) is 5.60 Å². The van der Waals surface area contributed by atoms with Crippen LogP contribution in [0.1, 0.15) is 43.2 Å². The van der Waals surface area contributed by atoms with Gasteiger partial charge in [0.25, 0.3) is 5.56 Å². The highest BCUT2D eigenvalue weighted by atomic mass is 16.6. The van der Waals surface area contributed by atoms with Gasteiger partial charge in [0.2, 0.25) is 0 Å². The van der Waals surface area contributed by atoms with Crippen LogP contribution in [-0.4, -0.2) is 21.2 Å². The number of hydrogen-bond acceptors (Lipinski definition) is 3. The SMILES string of the molecule is Cc1c2c(c(=O)n(C)c1C)CN(C(=O)OC(C)(C)C)C2. The number of fused-ring (bicyclic) bond motifs is 1. The maximum atomic E-state index is 12.3. The van der Waals surface area contributed by atoms with Crippen molar-refractivity contribution in [3.63, 3.8) is 0 Å². The molecular formula is C15H22N2O3. The molecule has 5 heteroatoms. The summed E-state index contributed by atoms with van der Waals surface area (Å²) in [5.74, 6) is 0. The summed E-state index contributed by atoms with van der Waals surface area (Å²) >= 11 is 0. The lowest BCUT2D eigenvalue weighted by Gasteiger charge is -2.24. The van der Waals surface area contributed by atoms with Crippen molar-refractivity contribution in [2.45, 2.75) is 53.3 Å². The van der Waals surface area contributed by atoms with Crippen molar-refractivity contribution < 1.29 is 9.53 Å². The normalized spacial score (nSPS) is 14.4. The molecule has 1 aliphatic heterocycles. The largest absolute Gasteiger partial charge is 0.444 e. The highest BCUT2D eigenvalue weighted by Crippen LogP contribution is 2.26. The maximum absolute atomic E-state index is 12.3. The summed E-state index contributed by atoms with van der Waals surface area (Å²) in [5, 5.41) is 0. The molecule has 0 radical (unpaired) electrons. The molecule has 110 valence electrons. The zero-order valence-electron chi connectivity index (χ0n) is 13.0. The minimum Gasteiger partial charge on any atom is -0.444 e. The molecule has 2 heterocycles. The van der Waals surface area contributed by atoms with Crippen LogP contribution in [0.25, 0.3) is 0 Å². The van der Waals surface area contributed by atoms with Crippen molar-refractivity contribution in [2.75, 3.05) is 0 Å². The molecule has 0 fully saturated rings. The maximum Gasteiger partial charge on any atom is 0.410 e. The molecule has 0 N–H and O–H groups in total. The number of pyridine rings is 1. The quantitative estimate of drug-likeness (QED) is 0.731. The Bertz CT molecular complexity index is 623. The Hall–Kier alpha value is -1.78. The minimum atomic E-state index is -0.526. The Balaban J connectivity index is 2.33. The van der Waals surface area contributed by atoms with Crippen LogP contribution in [0.15, 0.2) is 4.79 Å². The van der Waals surface area contributed by atoms with E-state index in [9.17, 15) is 9.59 Å². The predicted octanol–water partition coefficient (Wildman–Crippen LogP) is 2.25. The average molecular weight is 278 g/mol. The molecule has 20 heavy (non-hydrogen) atoms. The third-order valence-corrected chi connectivity index (χ3v) is 3.78. The summed E-state index contributed by atoms with van der Waals surface area (Å²) in [6.45, 7) is 10.2. The van der Waals surface area contributed by atoms with E-state index in [1.165, 1.54) is 0 Å². The fraction of sp³-hybridized carbons (Fsp3) is 0.600. The second-order valence-corrected chi connectivity index (χ2v) is 6.37. The Morgan fingerprint density at radius 3 is 2.25 bits per heavy atom. The monoisotopic (exact) mass is 278 g/mol. The standard InChI is InChI=1S/C15H22N2O3/c1-9-10(2)16(6)13(18)12-8-17(7-11(9)12)14(19)20-15(3,4)5/h7-8H2,1-6H3. The molecule has 0 aromatic carbocycles. The van der Waals surface area contributed by atoms with E-state index in [4.69, 9.17) is 4.74 Å². The minimum absolute atomic E-state index is 0.0193. The van der Waals surface area contributed by atoms with Crippen LogP contribution in [0, 0.1) is 13.8 Å². The molecule has 5 nitrogen and oxygen atoms in total. The van der Waals surface area contributed by atoms with Crippen molar-refractivity contribution in [3.05, 3.63) is 32.7 Å². The molecule has 1 aromatic rings. The van der Waals surface area contributed by atoms with E-state index in [1.54, 1.807) is 16.5 Å². The van der Waals surface area contributed by atoms with Crippen molar-refractivity contribution in [1.29, 1.82) is 0 Å². The average Bonchev–Trinajstić information content (AvgIpc) is 2.77. The zero-order chi connectivity index (χ0) is 15.2. The molecule has 0 bridgehead atoms. The summed E-state index contributed by atoms with van der Waals surface area (Å²) < 4.78 is 7.02. The van der Waals surface area contributed by atoms with Gasteiger partial charge < -0.3 is 9.30 Å². The third-order valence-electron chi connectivity index (χ3n) is 3.78. The van der Waals surface area contributed by atoms with E-state index in [0.29, 0.717) is 18.7 Å². The Morgan fingerprint density at radius 1 is 1.15 bits per heavy atom. The van der Waals surface area contributed by atoms with Gasteiger partial charge in [0.15, 0.2) is 0 Å². The van der Waals surface area contributed by atoms with Crippen LogP contribution >= 0.6 is 0 Å². The van der Waals surface area contributed by atoms with Crippen LogP contribution in [0.5, 0.6) is 0 Å². The first-order valence-corrected chi connectivity index (χ1v) is 6.77. The van der Waals surface area contributed by atoms with Crippen molar-refractivity contribution in [1.82, 2.24) is 9.47 Å². The molecule has 0 saturated heterocycles. The van der Waals surface area contributed by atoms with Gasteiger partial charge in [-0.3, -0.25) is 9.69 Å². The van der Waals surface area contributed by atoms with Gasteiger partial charge in [-0.25, -0.2) is 4.79 Å². The molecule has 0 aliphatic carbocycles. The van der Waals surface area contributed by atoms with Crippen molar-refractivity contribution in [3.8, 4) is 0 Å². The molecule has 2 rings (SSSR count). The molecule has 1 aromatic heterocycles. The molecule has 1 aliphatic rings. The smallest absolute Gasteiger partial charge is 0.410 e. The van der Waals surface area contributed by atoms with Gasteiger partial charge in [0.05, 0.1) is 13.1 Å². The number of aromatic nitrogens is 1. The summed E-state index contributed by atoms with van der Waals surface area (Å²) in [4.78, 5) is 26.0. The number of ether oxygens (including phenoxy) is 1. The zero-order valence-corrected chi connectivity index (χ0v) is 13.0. The lowest BCUT2D eigenvalue weighted by molar-refractivity contribution is 0.0241. The molecule has 0 atom stereocenters. The Labute approximate surface area is 119 Å². The Kier molecular flexibility index (Phi) is 3.40. The first-order chi connectivity index (χ1) is 9.11. The predicted molar refractivity (Wildman–Crippen MR) is 76.6 cm³/mol.